The molecule has 0 N–H and O–H groups in total. The third-order valence-corrected chi connectivity index (χ3v) is 7.17. The molecule has 0 saturated heterocycles. The highest BCUT2D eigenvalue weighted by Gasteiger charge is 2.37. The van der Waals surface area contributed by atoms with Crippen LogP contribution >= 0.6 is 0 Å². The summed E-state index contributed by atoms with van der Waals surface area (Å²) in [5, 5.41) is 0. The first kappa shape index (κ1) is 27.6. The molecule has 0 nitrogen and oxygen atoms in total. The van der Waals surface area contributed by atoms with E-state index in [-0.39, 0.29) is 24.0 Å². The topological polar surface area (TPSA) is 0 Å². The van der Waals surface area contributed by atoms with Crippen LogP contribution in [0.3, 0.4) is 0 Å². The van der Waals surface area contributed by atoms with E-state index < -0.39 is 17.6 Å². The van der Waals surface area contributed by atoms with Crippen LogP contribution in [0.2, 0.25) is 0 Å². The number of hydrogen-bond acceptors (Lipinski definition) is 0. The van der Waals surface area contributed by atoms with Gasteiger partial charge in [-0.3, -0.25) is 0 Å². The first-order valence-corrected chi connectivity index (χ1v) is 13.4. The molecule has 0 saturated carbocycles. The van der Waals surface area contributed by atoms with Crippen LogP contribution in [0.5, 0.6) is 0 Å². The van der Waals surface area contributed by atoms with Gasteiger partial charge in [-0.05, 0) is 83.0 Å². The zero-order chi connectivity index (χ0) is 27.1. The maximum atomic E-state index is 15.2. The van der Waals surface area contributed by atoms with Gasteiger partial charge in [0.2, 0.25) is 0 Å². The maximum absolute atomic E-state index is 15.2. The van der Waals surface area contributed by atoms with Crippen LogP contribution in [-0.4, -0.2) is 0 Å². The van der Waals surface area contributed by atoms with Crippen LogP contribution in [0.25, 0.3) is 11.1 Å². The summed E-state index contributed by atoms with van der Waals surface area (Å²) in [5.74, 6) is -1.14. The summed E-state index contributed by atoms with van der Waals surface area (Å²) in [7, 11) is 0. The van der Waals surface area contributed by atoms with Crippen molar-refractivity contribution < 1.29 is 17.6 Å². The minimum atomic E-state index is -4.74. The Hall–Kier alpha value is -3.40. The van der Waals surface area contributed by atoms with Crippen molar-refractivity contribution in [3.63, 3.8) is 0 Å². The van der Waals surface area contributed by atoms with Crippen molar-refractivity contribution in [1.82, 2.24) is 0 Å². The molecule has 4 aromatic rings. The fourth-order valence-corrected chi connectivity index (χ4v) is 4.88. The molecule has 4 rings (SSSR count). The first-order valence-electron chi connectivity index (χ1n) is 13.4. The van der Waals surface area contributed by atoms with Gasteiger partial charge < -0.3 is 0 Å². The van der Waals surface area contributed by atoms with E-state index in [4.69, 9.17) is 0 Å². The van der Waals surface area contributed by atoms with Gasteiger partial charge in [0.25, 0.3) is 0 Å². The van der Waals surface area contributed by atoms with Gasteiger partial charge in [-0.1, -0.05) is 105 Å². The average molecular weight is 519 g/mol. The quantitative estimate of drug-likeness (QED) is 0.183. The molecule has 0 bridgehead atoms. The Kier molecular flexibility index (Phi) is 9.04. The fourth-order valence-electron chi connectivity index (χ4n) is 4.88. The van der Waals surface area contributed by atoms with Crippen LogP contribution in [0.1, 0.15) is 59.2 Å². The second-order valence-electron chi connectivity index (χ2n) is 9.88. The van der Waals surface area contributed by atoms with E-state index in [1.54, 1.807) is 0 Å². The van der Waals surface area contributed by atoms with Crippen molar-refractivity contribution >= 4 is 0 Å². The van der Waals surface area contributed by atoms with Crippen LogP contribution in [0.4, 0.5) is 17.6 Å². The van der Waals surface area contributed by atoms with Gasteiger partial charge in [0.05, 0.1) is 5.56 Å². The zero-order valence-electron chi connectivity index (χ0n) is 22.0. The number of halogens is 4. The van der Waals surface area contributed by atoms with Crippen LogP contribution in [0, 0.1) is 5.82 Å². The Morgan fingerprint density at radius 3 is 1.39 bits per heavy atom. The monoisotopic (exact) mass is 518 g/mol. The molecule has 0 spiro atoms. The van der Waals surface area contributed by atoms with Crippen molar-refractivity contribution in [2.45, 2.75) is 65.0 Å². The molecule has 0 unspecified atom stereocenters. The second kappa shape index (κ2) is 12.4. The first-order chi connectivity index (χ1) is 18.3. The normalized spacial score (nSPS) is 11.6. The SMILES string of the molecule is CCCc1ccc(CCc2ccc(CCc3ccc(-c4ccc(CC)cc4)cc3)c(F)c2C(F)(F)F)cc1. The molecule has 0 radical (unpaired) electrons. The van der Waals surface area contributed by atoms with Crippen LogP contribution < -0.4 is 0 Å². The van der Waals surface area contributed by atoms with E-state index in [9.17, 15) is 13.2 Å². The van der Waals surface area contributed by atoms with Crippen molar-refractivity contribution in [2.24, 2.45) is 0 Å². The lowest BCUT2D eigenvalue weighted by atomic mass is 9.94. The molecule has 198 valence electrons. The maximum Gasteiger partial charge on any atom is 0.419 e. The van der Waals surface area contributed by atoms with Crippen molar-refractivity contribution in [1.29, 1.82) is 0 Å². The summed E-state index contributed by atoms with van der Waals surface area (Å²) in [6, 6.07) is 27.2. The van der Waals surface area contributed by atoms with Gasteiger partial charge in [0, 0.05) is 0 Å². The Balaban J connectivity index is 1.45. The van der Waals surface area contributed by atoms with E-state index in [0.29, 0.717) is 12.8 Å². The minimum absolute atomic E-state index is 0.00910. The van der Waals surface area contributed by atoms with E-state index >= 15 is 4.39 Å². The molecule has 4 heteroatoms. The molecule has 0 aromatic heterocycles. The van der Waals surface area contributed by atoms with Gasteiger partial charge in [0.15, 0.2) is 0 Å². The number of benzene rings is 4. The lowest BCUT2D eigenvalue weighted by Gasteiger charge is -2.17. The summed E-state index contributed by atoms with van der Waals surface area (Å²) >= 11 is 0. The summed E-state index contributed by atoms with van der Waals surface area (Å²) < 4.78 is 57.0. The van der Waals surface area contributed by atoms with Crippen molar-refractivity contribution in [3.05, 3.63) is 130 Å². The molecule has 38 heavy (non-hydrogen) atoms. The summed E-state index contributed by atoms with van der Waals surface area (Å²) in [4.78, 5) is 0. The highest BCUT2D eigenvalue weighted by atomic mass is 19.4. The second-order valence-corrected chi connectivity index (χ2v) is 9.88. The fraction of sp³-hybridized carbons (Fsp3) is 0.294. The Labute approximate surface area is 223 Å². The van der Waals surface area contributed by atoms with Gasteiger partial charge in [0.1, 0.15) is 5.82 Å². The number of rotatable bonds is 10. The summed E-state index contributed by atoms with van der Waals surface area (Å²) in [5.41, 5.74) is 5.58. The smallest absolute Gasteiger partial charge is 0.206 e. The molecule has 0 amide bonds. The minimum Gasteiger partial charge on any atom is -0.206 e. The molecule has 0 aliphatic heterocycles. The molecule has 4 aromatic carbocycles. The third kappa shape index (κ3) is 6.92. The highest BCUT2D eigenvalue weighted by Crippen LogP contribution is 2.36. The van der Waals surface area contributed by atoms with Gasteiger partial charge in [-0.15, -0.1) is 0 Å². The number of aryl methyl sites for hydroxylation is 6. The van der Waals surface area contributed by atoms with Crippen LogP contribution in [0.15, 0.2) is 84.9 Å². The van der Waals surface area contributed by atoms with Crippen molar-refractivity contribution in [2.75, 3.05) is 0 Å². The lowest BCUT2D eigenvalue weighted by Crippen LogP contribution is -2.15. The van der Waals surface area contributed by atoms with E-state index in [1.807, 2.05) is 48.5 Å². The van der Waals surface area contributed by atoms with Gasteiger partial charge in [-0.2, -0.15) is 13.2 Å². The standard InChI is InChI=1S/C34H34F4/c1-3-5-25-6-8-26(9-7-25)14-20-30-22-23-31(33(35)32(30)34(36,37)38)21-15-27-12-18-29(19-13-27)28-16-10-24(4-2)11-17-28/h6-13,16-19,22-23H,3-5,14-15,20-21H2,1-2H3. The predicted molar refractivity (Wildman–Crippen MR) is 148 cm³/mol. The molecule has 0 aliphatic carbocycles. The highest BCUT2D eigenvalue weighted by molar-refractivity contribution is 5.64. The number of hydrogen-bond donors (Lipinski definition) is 0. The molecular formula is C34H34F4. The van der Waals surface area contributed by atoms with Gasteiger partial charge in [-0.25, -0.2) is 4.39 Å². The lowest BCUT2D eigenvalue weighted by molar-refractivity contribution is -0.140. The Morgan fingerprint density at radius 1 is 0.500 bits per heavy atom. The number of alkyl halides is 3. The van der Waals surface area contributed by atoms with Crippen molar-refractivity contribution in [3.8, 4) is 11.1 Å². The molecular weight excluding hydrogens is 484 g/mol. The zero-order valence-corrected chi connectivity index (χ0v) is 22.0. The molecule has 0 fully saturated rings. The summed E-state index contributed by atoms with van der Waals surface area (Å²) in [6.07, 6.45) is -0.497. The molecule has 0 heterocycles. The van der Waals surface area contributed by atoms with E-state index in [0.717, 1.165) is 41.5 Å². The van der Waals surface area contributed by atoms with Gasteiger partial charge >= 0.3 is 6.18 Å². The Morgan fingerprint density at radius 2 is 0.921 bits per heavy atom. The largest absolute Gasteiger partial charge is 0.419 e. The Bertz CT molecular complexity index is 1320. The summed E-state index contributed by atoms with van der Waals surface area (Å²) in [6.45, 7) is 4.22. The third-order valence-electron chi connectivity index (χ3n) is 7.17. The average Bonchev–Trinajstić information content (AvgIpc) is 2.92. The molecule has 0 aliphatic rings. The van der Waals surface area contributed by atoms with Crippen LogP contribution in [-0.2, 0) is 44.7 Å². The molecule has 0 atom stereocenters. The predicted octanol–water partition coefficient (Wildman–Crippen LogP) is 9.60. The van der Waals surface area contributed by atoms with E-state index in [1.165, 1.54) is 23.3 Å². The van der Waals surface area contributed by atoms with E-state index in [2.05, 4.69) is 38.1 Å².